The molecular weight excluding hydrogens is 348 g/mol. The summed E-state index contributed by atoms with van der Waals surface area (Å²) in [6.45, 7) is 0. The van der Waals surface area contributed by atoms with Crippen molar-refractivity contribution in [2.45, 2.75) is 0 Å². The molecule has 0 fully saturated rings. The Balaban J connectivity index is -0.0000000267. The third kappa shape index (κ3) is 123. The molecule has 0 spiro atoms. The van der Waals surface area contributed by atoms with Crippen LogP contribution in [-0.4, -0.2) is 53.3 Å². The predicted octanol–water partition coefficient (Wildman–Crippen LogP) is -3.76. The van der Waals surface area contributed by atoms with Crippen LogP contribution in [0.25, 0.3) is 0 Å². The molecule has 0 aromatic heterocycles. The van der Waals surface area contributed by atoms with Crippen molar-refractivity contribution in [3.05, 3.63) is 0 Å². The number of phosphoric acid groups is 1. The van der Waals surface area contributed by atoms with E-state index in [2.05, 4.69) is 0 Å². The van der Waals surface area contributed by atoms with E-state index in [1.165, 1.54) is 0 Å². The van der Waals surface area contributed by atoms with Gasteiger partial charge in [0, 0.05) is 0 Å². The maximum absolute atomic E-state index is 8.55. The van der Waals surface area contributed by atoms with Crippen LogP contribution in [0.5, 0.6) is 0 Å². The van der Waals surface area contributed by atoms with Crippen LogP contribution in [0.2, 0.25) is 0 Å². The Morgan fingerprint density at radius 2 is 1.00 bits per heavy atom. The van der Waals surface area contributed by atoms with Gasteiger partial charge in [0.2, 0.25) is 0 Å². The van der Waals surface area contributed by atoms with Crippen LogP contribution in [0.3, 0.4) is 0 Å². The Morgan fingerprint density at radius 3 is 1.00 bits per heavy atom. The maximum Gasteiger partial charge on any atom is 2.00 e. The number of hydrogen-bond acceptors (Lipinski definition) is 5. The first-order chi connectivity index (χ1) is 2.00. The van der Waals surface area contributed by atoms with E-state index in [1.54, 1.807) is 0 Å². The van der Waals surface area contributed by atoms with Gasteiger partial charge in [0.25, 0.3) is 0 Å². The molecule has 4 radical (unpaired) electrons. The summed E-state index contributed by atoms with van der Waals surface area (Å²) >= 11 is 0. The zero-order valence-electron chi connectivity index (χ0n) is 3.53. The van der Waals surface area contributed by atoms with E-state index < -0.39 is 7.82 Å². The first-order valence-corrected chi connectivity index (χ1v) is 2.19. The zero-order valence-corrected chi connectivity index (χ0v) is 10.1. The van der Waals surface area contributed by atoms with Crippen LogP contribution in [-0.2, 0) is 4.57 Å². The second-order valence-electron chi connectivity index (χ2n) is 0.447. The van der Waals surface area contributed by atoms with Crippen molar-refractivity contribution < 1.29 is 24.7 Å². The topological polar surface area (TPSA) is 116 Å². The van der Waals surface area contributed by atoms with Gasteiger partial charge in [-0.05, 0) is 0 Å². The molecule has 0 aliphatic carbocycles. The van der Waals surface area contributed by atoms with Gasteiger partial charge in [-0.15, -0.1) is 0 Å². The van der Waals surface area contributed by atoms with Gasteiger partial charge in [0.05, 0.1) is 0 Å². The van der Waals surface area contributed by atoms with Crippen molar-refractivity contribution in [2.75, 3.05) is 0 Å². The number of rotatable bonds is 0. The second-order valence-corrected chi connectivity index (χ2v) is 1.34. The van der Waals surface area contributed by atoms with Crippen LogP contribution in [0.1, 0.15) is 0 Å². The van der Waals surface area contributed by atoms with Gasteiger partial charge < -0.3 is 24.7 Å². The molecule has 5 nitrogen and oxygen atoms in total. The molecule has 0 heterocycles. The number of hydrogen-bond donors (Lipinski definition) is 0. The van der Waals surface area contributed by atoms with Crippen molar-refractivity contribution in [2.24, 2.45) is 0 Å². The first kappa shape index (κ1) is 22.6. The molecule has 0 aromatic carbocycles. The minimum atomic E-state index is -5.39. The molecule has 0 amide bonds. The van der Waals surface area contributed by atoms with Crippen LogP contribution in [0.15, 0.2) is 0 Å². The average molecular weight is 349 g/mol. The van der Waals surface area contributed by atoms with Gasteiger partial charge in [-0.1, -0.05) is 0 Å². The standard InChI is InChI=1S/H3O4P.H2O.2Sn/c1-5(2,3)4;;;/h(H3,1,2,3,4);1H2;;/q;;2*+2/p-4. The first-order valence-electron chi connectivity index (χ1n) is 0.730. The van der Waals surface area contributed by atoms with Crippen molar-refractivity contribution >= 4 is 55.6 Å². The quantitative estimate of drug-likeness (QED) is 0.329. The van der Waals surface area contributed by atoms with Crippen LogP contribution < -0.4 is 14.7 Å². The van der Waals surface area contributed by atoms with Gasteiger partial charge in [0.15, 0.2) is 0 Å². The van der Waals surface area contributed by atoms with E-state index >= 15 is 0 Å². The van der Waals surface area contributed by atoms with E-state index in [-0.39, 0.29) is 53.3 Å². The summed E-state index contributed by atoms with van der Waals surface area (Å²) in [7, 11) is -5.39. The molecular formula is HO5PSn2. The molecule has 1 N–H and O–H groups in total. The smallest absolute Gasteiger partial charge is 0.870 e. The third-order valence-electron chi connectivity index (χ3n) is 0. The summed E-state index contributed by atoms with van der Waals surface area (Å²) in [5, 5.41) is 0. The fraction of sp³-hybridized carbons (Fsp3) is 0. The molecule has 8 heavy (non-hydrogen) atoms. The normalized spacial score (nSPS) is 7.38. The molecule has 0 rings (SSSR count). The molecule has 0 aliphatic rings. The van der Waals surface area contributed by atoms with Crippen molar-refractivity contribution in [3.8, 4) is 0 Å². The van der Waals surface area contributed by atoms with Gasteiger partial charge in [-0.25, -0.2) is 0 Å². The van der Waals surface area contributed by atoms with E-state index in [1.807, 2.05) is 0 Å². The molecule has 44 valence electrons. The minimum Gasteiger partial charge on any atom is -0.870 e. The summed E-state index contributed by atoms with van der Waals surface area (Å²) in [5.74, 6) is 0. The van der Waals surface area contributed by atoms with Crippen LogP contribution in [0.4, 0.5) is 0 Å². The Kier molecular flexibility index (Phi) is 24.5. The molecule has 0 atom stereocenters. The molecule has 8 heteroatoms. The fourth-order valence-electron chi connectivity index (χ4n) is 0. The predicted molar refractivity (Wildman–Crippen MR) is 21.1 cm³/mol. The fourth-order valence-corrected chi connectivity index (χ4v) is 0. The second kappa shape index (κ2) is 8.67. The summed E-state index contributed by atoms with van der Waals surface area (Å²) in [4.78, 5) is 25.6. The van der Waals surface area contributed by atoms with Crippen LogP contribution in [0, 0.1) is 0 Å². The Bertz CT molecular complexity index is 56.6. The third-order valence-corrected chi connectivity index (χ3v) is 0. The average Bonchev–Trinajstić information content (AvgIpc) is 0.722. The van der Waals surface area contributed by atoms with Crippen molar-refractivity contribution in [1.29, 1.82) is 0 Å². The Labute approximate surface area is 79.9 Å². The zero-order chi connectivity index (χ0) is 4.50. The molecule has 0 saturated heterocycles. The monoisotopic (exact) mass is 352 g/mol. The largest absolute Gasteiger partial charge is 2.00 e. The molecule has 0 bridgehead atoms. The van der Waals surface area contributed by atoms with Gasteiger partial charge in [-0.2, -0.15) is 7.82 Å². The van der Waals surface area contributed by atoms with Gasteiger partial charge >= 0.3 is 47.8 Å². The van der Waals surface area contributed by atoms with Gasteiger partial charge in [-0.3, -0.25) is 0 Å². The van der Waals surface area contributed by atoms with Crippen molar-refractivity contribution in [3.63, 3.8) is 0 Å². The summed E-state index contributed by atoms with van der Waals surface area (Å²) in [5.41, 5.74) is 0. The SMILES string of the molecule is O=P([O-])([O-])[O-].[OH-].[Sn+2].[Sn+2]. The molecule has 0 aromatic rings. The molecule has 0 unspecified atom stereocenters. The van der Waals surface area contributed by atoms with E-state index in [0.29, 0.717) is 0 Å². The molecule has 0 saturated carbocycles. The maximum atomic E-state index is 8.55. The van der Waals surface area contributed by atoms with E-state index in [9.17, 15) is 0 Å². The van der Waals surface area contributed by atoms with Gasteiger partial charge in [0.1, 0.15) is 0 Å². The summed E-state index contributed by atoms with van der Waals surface area (Å²) in [6.07, 6.45) is 0. The Hall–Kier alpha value is 1.67. The molecule has 0 aliphatic heterocycles. The Morgan fingerprint density at radius 1 is 1.00 bits per heavy atom. The van der Waals surface area contributed by atoms with E-state index in [4.69, 9.17) is 19.2 Å². The summed E-state index contributed by atoms with van der Waals surface area (Å²) < 4.78 is 8.55. The van der Waals surface area contributed by atoms with E-state index in [0.717, 1.165) is 0 Å². The minimum absolute atomic E-state index is 0. The van der Waals surface area contributed by atoms with Crippen LogP contribution >= 0.6 is 7.82 Å². The van der Waals surface area contributed by atoms with Crippen molar-refractivity contribution in [1.82, 2.24) is 0 Å². The summed E-state index contributed by atoms with van der Waals surface area (Å²) in [6, 6.07) is 0.